The normalized spacial score (nSPS) is 13.7. The van der Waals surface area contributed by atoms with E-state index < -0.39 is 0 Å². The van der Waals surface area contributed by atoms with Crippen molar-refractivity contribution in [1.82, 2.24) is 19.5 Å². The molecule has 98 valence electrons. The van der Waals surface area contributed by atoms with Crippen LogP contribution in [0, 0.1) is 0 Å². The maximum absolute atomic E-state index is 8.19. The predicted octanol–water partition coefficient (Wildman–Crippen LogP) is 0.854. The molecule has 0 saturated carbocycles. The van der Waals surface area contributed by atoms with Crippen molar-refractivity contribution in [1.29, 1.82) is 0 Å². The predicted molar refractivity (Wildman–Crippen MR) is 67.2 cm³/mol. The average molecular weight is 271 g/mol. The lowest BCUT2D eigenvalue weighted by atomic mass is 10.4. The Morgan fingerprint density at radius 1 is 1.50 bits per heavy atom. The minimum atomic E-state index is -0.0820. The first-order chi connectivity index (χ1) is 8.72. The van der Waals surface area contributed by atoms with Gasteiger partial charge in [0.15, 0.2) is 11.5 Å². The van der Waals surface area contributed by atoms with Gasteiger partial charge in [-0.15, -0.1) is 0 Å². The van der Waals surface area contributed by atoms with E-state index in [1.165, 1.54) is 6.33 Å². The first-order valence-corrected chi connectivity index (χ1v) is 6.40. The molecule has 0 bridgehead atoms. The highest BCUT2D eigenvalue weighted by Gasteiger charge is 2.10. The zero-order valence-corrected chi connectivity index (χ0v) is 10.8. The molecule has 0 aliphatic carbocycles. The van der Waals surface area contributed by atoms with Gasteiger partial charge in [-0.1, -0.05) is 0 Å². The maximum atomic E-state index is 8.19. The fourth-order valence-corrected chi connectivity index (χ4v) is 1.97. The second-order valence-electron chi connectivity index (χ2n) is 3.69. The van der Waals surface area contributed by atoms with Gasteiger partial charge in [0.2, 0.25) is 0 Å². The Bertz CT molecular complexity index is 520. The molecule has 2 heterocycles. The quantitative estimate of drug-likeness (QED) is 0.347. The third-order valence-electron chi connectivity index (χ3n) is 2.37. The average Bonchev–Trinajstić information content (AvgIpc) is 2.74. The second kappa shape index (κ2) is 6.01. The molecule has 0 amide bonds. The standard InChI is InChI=1S/C9H14N5O3P/c1-6(16-5-18-17-15)2-14-4-13-7-8(10)11-3-12-9(7)14/h3-4,6,15,18H,2,5H2,1H3,(H2,10,11,12). The van der Waals surface area contributed by atoms with Crippen LogP contribution in [0.15, 0.2) is 12.7 Å². The van der Waals surface area contributed by atoms with Crippen LogP contribution in [0.5, 0.6) is 0 Å². The first-order valence-electron chi connectivity index (χ1n) is 5.28. The van der Waals surface area contributed by atoms with E-state index in [4.69, 9.17) is 15.7 Å². The summed E-state index contributed by atoms with van der Waals surface area (Å²) >= 11 is 0. The zero-order chi connectivity index (χ0) is 13.0. The van der Waals surface area contributed by atoms with Crippen molar-refractivity contribution in [3.05, 3.63) is 12.7 Å². The summed E-state index contributed by atoms with van der Waals surface area (Å²) in [4.78, 5) is 12.2. The van der Waals surface area contributed by atoms with Crippen LogP contribution < -0.4 is 5.73 Å². The lowest BCUT2D eigenvalue weighted by Crippen LogP contribution is -2.16. The van der Waals surface area contributed by atoms with Crippen molar-refractivity contribution in [2.45, 2.75) is 19.6 Å². The van der Waals surface area contributed by atoms with E-state index in [1.54, 1.807) is 6.33 Å². The van der Waals surface area contributed by atoms with Crippen molar-refractivity contribution >= 4 is 25.8 Å². The Balaban J connectivity index is 2.05. The fraction of sp³-hybridized carbons (Fsp3) is 0.444. The van der Waals surface area contributed by atoms with Gasteiger partial charge in [0.05, 0.1) is 34.1 Å². The first kappa shape index (κ1) is 13.1. The summed E-state index contributed by atoms with van der Waals surface area (Å²) in [5.41, 5.74) is 6.96. The molecule has 9 heteroatoms. The molecule has 0 spiro atoms. The van der Waals surface area contributed by atoms with Crippen LogP contribution in [0.1, 0.15) is 6.92 Å². The van der Waals surface area contributed by atoms with Gasteiger partial charge in [0, 0.05) is 0 Å². The summed E-state index contributed by atoms with van der Waals surface area (Å²) in [5.74, 6) is 0.363. The van der Waals surface area contributed by atoms with Crippen LogP contribution in [-0.4, -0.2) is 37.2 Å². The number of aromatic nitrogens is 4. The van der Waals surface area contributed by atoms with E-state index in [-0.39, 0.29) is 14.9 Å². The smallest absolute Gasteiger partial charge is 0.165 e. The summed E-state index contributed by atoms with van der Waals surface area (Å²) in [7, 11) is -0.0820. The van der Waals surface area contributed by atoms with E-state index in [9.17, 15) is 0 Å². The summed E-state index contributed by atoms with van der Waals surface area (Å²) < 4.78 is 11.2. The monoisotopic (exact) mass is 271 g/mol. The lowest BCUT2D eigenvalue weighted by Gasteiger charge is -2.13. The van der Waals surface area contributed by atoms with Gasteiger partial charge in [0.25, 0.3) is 0 Å². The number of nitrogens with zero attached hydrogens (tertiary/aromatic N) is 4. The number of hydrogen-bond donors (Lipinski definition) is 2. The molecule has 0 saturated heterocycles. The Morgan fingerprint density at radius 3 is 3.11 bits per heavy atom. The number of rotatable bonds is 6. The number of hydrogen-bond acceptors (Lipinski definition) is 7. The van der Waals surface area contributed by atoms with Gasteiger partial charge in [-0.25, -0.2) is 24.9 Å². The number of fused-ring (bicyclic) bond motifs is 1. The van der Waals surface area contributed by atoms with Gasteiger partial charge in [-0.2, -0.15) is 0 Å². The van der Waals surface area contributed by atoms with Crippen LogP contribution in [0.4, 0.5) is 5.82 Å². The van der Waals surface area contributed by atoms with E-state index >= 15 is 0 Å². The van der Waals surface area contributed by atoms with Crippen LogP contribution >= 0.6 is 8.81 Å². The van der Waals surface area contributed by atoms with Gasteiger partial charge < -0.3 is 15.0 Å². The molecule has 2 atom stereocenters. The summed E-state index contributed by atoms with van der Waals surface area (Å²) in [5, 5.41) is 8.19. The number of nitrogen functional groups attached to an aromatic ring is 1. The molecule has 0 aliphatic rings. The van der Waals surface area contributed by atoms with Crippen LogP contribution in [-0.2, 0) is 16.0 Å². The molecular weight excluding hydrogens is 257 g/mol. The van der Waals surface area contributed by atoms with Crippen LogP contribution in [0.25, 0.3) is 11.2 Å². The molecule has 2 rings (SSSR count). The molecule has 2 unspecified atom stereocenters. The molecule has 0 fully saturated rings. The third-order valence-corrected chi connectivity index (χ3v) is 2.79. The highest BCUT2D eigenvalue weighted by molar-refractivity contribution is 7.31. The number of ether oxygens (including phenoxy) is 1. The second-order valence-corrected chi connectivity index (χ2v) is 4.45. The Morgan fingerprint density at radius 2 is 2.33 bits per heavy atom. The largest absolute Gasteiger partial charge is 0.382 e. The molecule has 0 radical (unpaired) electrons. The molecule has 2 aromatic rings. The van der Waals surface area contributed by atoms with Crippen molar-refractivity contribution < 1.29 is 14.7 Å². The minimum Gasteiger partial charge on any atom is -0.382 e. The zero-order valence-electron chi connectivity index (χ0n) is 9.78. The van der Waals surface area contributed by atoms with Crippen molar-refractivity contribution in [2.75, 3.05) is 12.1 Å². The van der Waals surface area contributed by atoms with E-state index in [1.807, 2.05) is 11.5 Å². The maximum Gasteiger partial charge on any atom is 0.165 e. The highest BCUT2D eigenvalue weighted by Crippen LogP contribution is 2.16. The fourth-order valence-electron chi connectivity index (χ4n) is 1.56. The van der Waals surface area contributed by atoms with E-state index in [0.29, 0.717) is 29.9 Å². The van der Waals surface area contributed by atoms with E-state index in [2.05, 4.69) is 19.6 Å². The van der Waals surface area contributed by atoms with E-state index in [0.717, 1.165) is 0 Å². The summed E-state index contributed by atoms with van der Waals surface area (Å²) in [6.07, 6.45) is 3.35. The Labute approximate surface area is 105 Å². The minimum absolute atomic E-state index is 0.0544. The summed E-state index contributed by atoms with van der Waals surface area (Å²) in [6, 6.07) is 0. The SMILES string of the molecule is CC(Cn1cnc2c(N)ncnc21)OCPOO. The molecular formula is C9H14N5O3P. The van der Waals surface area contributed by atoms with Gasteiger partial charge in [0.1, 0.15) is 11.8 Å². The molecule has 18 heavy (non-hydrogen) atoms. The molecule has 3 N–H and O–H groups in total. The van der Waals surface area contributed by atoms with Gasteiger partial charge in [-0.3, -0.25) is 0 Å². The molecule has 0 aromatic carbocycles. The van der Waals surface area contributed by atoms with Crippen molar-refractivity contribution in [2.24, 2.45) is 0 Å². The highest BCUT2D eigenvalue weighted by atomic mass is 31.1. The molecule has 8 nitrogen and oxygen atoms in total. The van der Waals surface area contributed by atoms with Gasteiger partial charge >= 0.3 is 0 Å². The number of nitrogens with two attached hydrogens (primary N) is 1. The Hall–Kier alpha value is -1.34. The Kier molecular flexibility index (Phi) is 4.38. The lowest BCUT2D eigenvalue weighted by molar-refractivity contribution is -0.125. The molecule has 2 aromatic heterocycles. The van der Waals surface area contributed by atoms with Crippen LogP contribution in [0.3, 0.4) is 0 Å². The van der Waals surface area contributed by atoms with Crippen molar-refractivity contribution in [3.8, 4) is 0 Å². The topological polar surface area (TPSA) is 108 Å². The number of imidazole rings is 1. The van der Waals surface area contributed by atoms with Crippen molar-refractivity contribution in [3.63, 3.8) is 0 Å². The third kappa shape index (κ3) is 2.91. The van der Waals surface area contributed by atoms with Crippen LogP contribution in [0.2, 0.25) is 0 Å². The number of anilines is 1. The summed E-state index contributed by atoms with van der Waals surface area (Å²) in [6.45, 7) is 2.50. The molecule has 0 aliphatic heterocycles. The van der Waals surface area contributed by atoms with Gasteiger partial charge in [-0.05, 0) is 6.92 Å².